The van der Waals surface area contributed by atoms with E-state index < -0.39 is 10.1 Å². The first-order chi connectivity index (χ1) is 8.08. The molecule has 0 saturated carbocycles. The number of hydrogen-bond donors (Lipinski definition) is 0. The number of hydrogen-bond acceptors (Lipinski definition) is 3. The number of rotatable bonds is 5. The van der Waals surface area contributed by atoms with Crippen molar-refractivity contribution in [2.75, 3.05) is 12.9 Å². The summed E-state index contributed by atoms with van der Waals surface area (Å²) < 4.78 is 25.8. The van der Waals surface area contributed by atoms with Gasteiger partial charge in [0.15, 0.2) is 0 Å². The monoisotopic (exact) mass is 252 g/mol. The minimum Gasteiger partial charge on any atom is -0.269 e. The molecule has 1 rings (SSSR count). The van der Waals surface area contributed by atoms with Crippen LogP contribution in [-0.4, -0.2) is 21.3 Å². The van der Waals surface area contributed by atoms with Crippen molar-refractivity contribution in [2.24, 2.45) is 0 Å². The largest absolute Gasteiger partial charge is 0.269 e. The minimum atomic E-state index is -3.33. The molecule has 0 radical (unpaired) electrons. The van der Waals surface area contributed by atoms with Crippen LogP contribution in [0.3, 0.4) is 0 Å². The smallest absolute Gasteiger partial charge is 0.264 e. The van der Waals surface area contributed by atoms with Crippen molar-refractivity contribution in [3.63, 3.8) is 0 Å². The summed E-state index contributed by atoms with van der Waals surface area (Å²) >= 11 is 0. The van der Waals surface area contributed by atoms with Gasteiger partial charge < -0.3 is 0 Å². The van der Waals surface area contributed by atoms with E-state index in [2.05, 4.69) is 28.2 Å². The van der Waals surface area contributed by atoms with Gasteiger partial charge in [-0.3, -0.25) is 4.18 Å². The maximum atomic E-state index is 10.6. The van der Waals surface area contributed by atoms with Gasteiger partial charge in [-0.1, -0.05) is 30.3 Å². The van der Waals surface area contributed by atoms with Gasteiger partial charge in [-0.15, -0.1) is 11.8 Å². The summed E-state index contributed by atoms with van der Waals surface area (Å²) in [5.74, 6) is 5.88. The summed E-state index contributed by atoms with van der Waals surface area (Å²) in [7, 11) is -3.33. The molecule has 92 valence electrons. The Kier molecular flexibility index (Phi) is 5.75. The predicted molar refractivity (Wildman–Crippen MR) is 68.0 cm³/mol. The normalized spacial score (nSPS) is 10.6. The van der Waals surface area contributed by atoms with Gasteiger partial charge in [0.25, 0.3) is 10.1 Å². The van der Waals surface area contributed by atoms with Crippen LogP contribution in [0.5, 0.6) is 0 Å². The number of benzene rings is 1. The Bertz CT molecular complexity index is 480. The molecule has 0 aliphatic carbocycles. The van der Waals surface area contributed by atoms with Gasteiger partial charge in [-0.2, -0.15) is 8.42 Å². The average Bonchev–Trinajstić information content (AvgIpc) is 2.28. The van der Waals surface area contributed by atoms with E-state index in [1.807, 2.05) is 18.2 Å². The molecule has 0 atom stereocenters. The Morgan fingerprint density at radius 1 is 1.12 bits per heavy atom. The number of aryl methyl sites for hydroxylation is 1. The van der Waals surface area contributed by atoms with Crippen molar-refractivity contribution in [3.8, 4) is 11.8 Å². The van der Waals surface area contributed by atoms with Gasteiger partial charge in [0.05, 0.1) is 12.9 Å². The van der Waals surface area contributed by atoms with Crippen molar-refractivity contribution in [1.82, 2.24) is 0 Å². The molecule has 0 N–H and O–H groups in total. The maximum absolute atomic E-state index is 10.6. The lowest BCUT2D eigenvalue weighted by atomic mass is 10.1. The molecule has 1 aromatic rings. The van der Waals surface area contributed by atoms with Gasteiger partial charge in [0.1, 0.15) is 0 Å². The van der Waals surface area contributed by atoms with Gasteiger partial charge in [0, 0.05) is 12.8 Å². The minimum absolute atomic E-state index is 0.136. The van der Waals surface area contributed by atoms with Crippen molar-refractivity contribution in [1.29, 1.82) is 0 Å². The molecule has 0 aliphatic rings. The van der Waals surface area contributed by atoms with Gasteiger partial charge in [-0.05, 0) is 12.0 Å². The van der Waals surface area contributed by atoms with Crippen molar-refractivity contribution in [3.05, 3.63) is 35.9 Å². The fourth-order valence-corrected chi connectivity index (χ4v) is 1.66. The second kappa shape index (κ2) is 7.10. The molecule has 1 aromatic carbocycles. The molecule has 0 amide bonds. The predicted octanol–water partition coefficient (Wildman–Crippen LogP) is 1.99. The molecular formula is C13H16O3S. The van der Waals surface area contributed by atoms with Crippen LogP contribution in [-0.2, 0) is 20.7 Å². The lowest BCUT2D eigenvalue weighted by Gasteiger charge is -1.96. The van der Waals surface area contributed by atoms with Crippen molar-refractivity contribution >= 4 is 10.1 Å². The van der Waals surface area contributed by atoms with Crippen LogP contribution in [0.25, 0.3) is 0 Å². The molecule has 0 unspecified atom stereocenters. The Hall–Kier alpha value is -1.31. The Balaban J connectivity index is 2.16. The fraction of sp³-hybridized carbons (Fsp3) is 0.385. The van der Waals surface area contributed by atoms with E-state index in [0.717, 1.165) is 19.1 Å². The summed E-state index contributed by atoms with van der Waals surface area (Å²) in [4.78, 5) is 0. The Labute approximate surface area is 103 Å². The van der Waals surface area contributed by atoms with Gasteiger partial charge >= 0.3 is 0 Å². The Morgan fingerprint density at radius 2 is 1.76 bits per heavy atom. The highest BCUT2D eigenvalue weighted by molar-refractivity contribution is 7.85. The molecule has 3 nitrogen and oxygen atoms in total. The summed E-state index contributed by atoms with van der Waals surface area (Å²) in [6, 6.07) is 10.1. The Morgan fingerprint density at radius 3 is 2.41 bits per heavy atom. The van der Waals surface area contributed by atoms with Crippen LogP contribution in [0.2, 0.25) is 0 Å². The summed E-state index contributed by atoms with van der Waals surface area (Å²) in [6.45, 7) is 0.136. The van der Waals surface area contributed by atoms with Crippen LogP contribution in [0.4, 0.5) is 0 Å². The zero-order valence-electron chi connectivity index (χ0n) is 9.85. The molecule has 4 heteroatoms. The highest BCUT2D eigenvalue weighted by Crippen LogP contribution is 2.01. The first kappa shape index (κ1) is 13.8. The lowest BCUT2D eigenvalue weighted by molar-refractivity contribution is 0.330. The molecular weight excluding hydrogens is 236 g/mol. The summed E-state index contributed by atoms with van der Waals surface area (Å²) in [6.07, 6.45) is 3.18. The van der Waals surface area contributed by atoms with Crippen LogP contribution in [0.15, 0.2) is 30.3 Å². The van der Waals surface area contributed by atoms with Crippen LogP contribution >= 0.6 is 0 Å². The van der Waals surface area contributed by atoms with E-state index >= 15 is 0 Å². The molecule has 0 spiro atoms. The zero-order chi connectivity index (χ0) is 12.6. The van der Waals surface area contributed by atoms with Crippen LogP contribution < -0.4 is 0 Å². The molecule has 0 bridgehead atoms. The molecule has 0 saturated heterocycles. The van der Waals surface area contributed by atoms with Crippen LogP contribution in [0.1, 0.15) is 18.4 Å². The first-order valence-corrected chi connectivity index (χ1v) is 7.23. The quantitative estimate of drug-likeness (QED) is 0.457. The van der Waals surface area contributed by atoms with E-state index in [4.69, 9.17) is 0 Å². The standard InChI is InChI=1S/C13H16O3S/c1-17(14,15)16-12-8-3-2-5-9-13-10-6-4-7-11-13/h4,6-7,10-11H,5,8-9,12H2,1H3. The van der Waals surface area contributed by atoms with E-state index in [1.54, 1.807) is 0 Å². The molecule has 0 aromatic heterocycles. The van der Waals surface area contributed by atoms with E-state index in [0.29, 0.717) is 6.42 Å². The maximum Gasteiger partial charge on any atom is 0.264 e. The van der Waals surface area contributed by atoms with Gasteiger partial charge in [-0.25, -0.2) is 0 Å². The third-order valence-corrected chi connectivity index (χ3v) is 2.63. The fourth-order valence-electron chi connectivity index (χ4n) is 1.27. The lowest BCUT2D eigenvalue weighted by Crippen LogP contribution is -2.03. The second-order valence-electron chi connectivity index (χ2n) is 3.62. The second-order valence-corrected chi connectivity index (χ2v) is 5.26. The molecule has 0 heterocycles. The first-order valence-electron chi connectivity index (χ1n) is 5.42. The van der Waals surface area contributed by atoms with Crippen LogP contribution in [0, 0.1) is 11.8 Å². The van der Waals surface area contributed by atoms with E-state index in [-0.39, 0.29) is 6.61 Å². The molecule has 17 heavy (non-hydrogen) atoms. The van der Waals surface area contributed by atoms with Crippen molar-refractivity contribution in [2.45, 2.75) is 19.3 Å². The third-order valence-electron chi connectivity index (χ3n) is 2.03. The average molecular weight is 252 g/mol. The molecule has 0 aliphatic heterocycles. The molecule has 0 fully saturated rings. The van der Waals surface area contributed by atoms with E-state index in [1.165, 1.54) is 5.56 Å². The topological polar surface area (TPSA) is 43.4 Å². The van der Waals surface area contributed by atoms with Crippen molar-refractivity contribution < 1.29 is 12.6 Å². The SMILES string of the molecule is CS(=O)(=O)OCCC#CCCc1ccccc1. The summed E-state index contributed by atoms with van der Waals surface area (Å²) in [5.41, 5.74) is 1.26. The zero-order valence-corrected chi connectivity index (χ0v) is 10.7. The highest BCUT2D eigenvalue weighted by atomic mass is 32.2. The van der Waals surface area contributed by atoms with E-state index in [9.17, 15) is 8.42 Å². The third kappa shape index (κ3) is 7.56. The highest BCUT2D eigenvalue weighted by Gasteiger charge is 1.98. The van der Waals surface area contributed by atoms with Gasteiger partial charge in [0.2, 0.25) is 0 Å². The summed E-state index contributed by atoms with van der Waals surface area (Å²) in [5, 5.41) is 0.